The van der Waals surface area contributed by atoms with E-state index in [1.807, 2.05) is 4.90 Å². The van der Waals surface area contributed by atoms with Gasteiger partial charge in [-0.15, -0.1) is 0 Å². The molecule has 4 rings (SSSR count). The number of nitrogens with two attached hydrogens (primary N) is 1. The van der Waals surface area contributed by atoms with Gasteiger partial charge in [-0.25, -0.2) is 0 Å². The van der Waals surface area contributed by atoms with Crippen LogP contribution in [0.2, 0.25) is 0 Å². The highest BCUT2D eigenvalue weighted by Gasteiger charge is 2.38. The largest absolute Gasteiger partial charge is 0.433 e. The summed E-state index contributed by atoms with van der Waals surface area (Å²) in [6.07, 6.45) is 5.87. The summed E-state index contributed by atoms with van der Waals surface area (Å²) in [5.41, 5.74) is 4.85. The van der Waals surface area contributed by atoms with Crippen molar-refractivity contribution in [3.05, 3.63) is 35.1 Å². The molecule has 3 aliphatic rings. The normalized spacial score (nSPS) is 22.4. The summed E-state index contributed by atoms with van der Waals surface area (Å²) in [5.74, 6) is -0.311. The van der Waals surface area contributed by atoms with Crippen molar-refractivity contribution in [1.29, 1.82) is 0 Å². The molecule has 2 fully saturated rings. The van der Waals surface area contributed by atoms with Gasteiger partial charge in [-0.2, -0.15) is 13.2 Å². The van der Waals surface area contributed by atoms with Gasteiger partial charge in [0, 0.05) is 43.9 Å². The number of hydrogen-bond donors (Lipinski definition) is 3. The van der Waals surface area contributed by atoms with Crippen molar-refractivity contribution in [2.45, 2.75) is 75.0 Å². The molecule has 3 heterocycles. The first-order chi connectivity index (χ1) is 17.7. The Morgan fingerprint density at radius 3 is 2.59 bits per heavy atom. The van der Waals surface area contributed by atoms with Crippen molar-refractivity contribution < 1.29 is 27.5 Å². The average molecular weight is 542 g/mol. The quantitative estimate of drug-likeness (QED) is 0.436. The highest BCUT2D eigenvalue weighted by atomic mass is 32.2. The zero-order valence-electron chi connectivity index (χ0n) is 20.6. The number of amides is 2. The number of hydrogen-bond acceptors (Lipinski definition) is 7. The van der Waals surface area contributed by atoms with Gasteiger partial charge in [-0.3, -0.25) is 14.6 Å². The maximum atomic E-state index is 13.6. The Hall–Kier alpha value is -2.47. The van der Waals surface area contributed by atoms with Crippen molar-refractivity contribution in [1.82, 2.24) is 15.2 Å². The molecular formula is C25H34F3N5O3S. The summed E-state index contributed by atoms with van der Waals surface area (Å²) in [6.45, 7) is 1.40. The van der Waals surface area contributed by atoms with Crippen molar-refractivity contribution in [3.63, 3.8) is 0 Å². The van der Waals surface area contributed by atoms with Crippen LogP contribution >= 0.6 is 11.8 Å². The number of aromatic nitrogens is 1. The molecular weight excluding hydrogens is 507 g/mol. The summed E-state index contributed by atoms with van der Waals surface area (Å²) >= 11 is 1.22. The van der Waals surface area contributed by atoms with Crippen LogP contribution in [0, 0.1) is 5.92 Å². The molecule has 0 spiro atoms. The second-order valence-corrected chi connectivity index (χ2v) is 11.1. The Morgan fingerprint density at radius 1 is 1.19 bits per heavy atom. The van der Waals surface area contributed by atoms with Crippen LogP contribution in [0.4, 0.5) is 18.9 Å². The number of carbonyl (C=O) groups is 2. The maximum Gasteiger partial charge on any atom is 0.433 e. The van der Waals surface area contributed by atoms with Crippen LogP contribution in [0.3, 0.4) is 0 Å². The fourth-order valence-electron chi connectivity index (χ4n) is 5.16. The summed E-state index contributed by atoms with van der Waals surface area (Å²) in [4.78, 5) is 31.3. The van der Waals surface area contributed by atoms with Crippen LogP contribution < -0.4 is 16.4 Å². The molecule has 0 aromatic carbocycles. The number of pyridine rings is 1. The summed E-state index contributed by atoms with van der Waals surface area (Å²) < 4.78 is 44.7. The number of carbonyl (C=O) groups excluding carboxylic acids is 2. The molecule has 2 atom stereocenters. The van der Waals surface area contributed by atoms with Crippen LogP contribution in [-0.2, 0) is 20.5 Å². The van der Waals surface area contributed by atoms with Gasteiger partial charge in [-0.1, -0.05) is 43.9 Å². The molecule has 1 aromatic heterocycles. The third kappa shape index (κ3) is 7.53. The molecule has 0 bridgehead atoms. The third-order valence-corrected chi connectivity index (χ3v) is 8.39. The molecule has 12 heteroatoms. The first kappa shape index (κ1) is 27.6. The SMILES string of the molecule is NC(=O)C1=CN([C@@H](CC2CCCCC2)C(=O)NC2CCOCC2)C(CNc2ccnc(C(F)(F)F)c2)S1. The van der Waals surface area contributed by atoms with Crippen molar-refractivity contribution >= 4 is 29.3 Å². The Labute approximate surface area is 218 Å². The monoisotopic (exact) mass is 541 g/mol. The van der Waals surface area contributed by atoms with Gasteiger partial charge in [0.05, 0.1) is 10.3 Å². The van der Waals surface area contributed by atoms with E-state index in [9.17, 15) is 22.8 Å². The van der Waals surface area contributed by atoms with Gasteiger partial charge >= 0.3 is 6.18 Å². The van der Waals surface area contributed by atoms with Crippen LogP contribution in [0.25, 0.3) is 0 Å². The standard InChI is InChI=1S/C25H34F3N5O3S/c26-25(27,28)21-13-18(6-9-30-21)31-14-22-33(15-20(37-22)23(29)34)19(12-16-4-2-1-3-5-16)24(35)32-17-7-10-36-11-8-17/h6,9,13,15-17,19,22H,1-5,7-8,10-12,14H2,(H2,29,34)(H,30,31)(H,32,35)/t19-,22?/m0/s1. The molecule has 37 heavy (non-hydrogen) atoms. The Balaban J connectivity index is 1.53. The van der Waals surface area contributed by atoms with E-state index >= 15 is 0 Å². The van der Waals surface area contributed by atoms with E-state index in [0.29, 0.717) is 30.5 Å². The minimum absolute atomic E-state index is 0.0270. The maximum absolute atomic E-state index is 13.6. The molecule has 4 N–H and O–H groups in total. The number of nitrogens with zero attached hydrogens (tertiary/aromatic N) is 2. The van der Waals surface area contributed by atoms with E-state index in [0.717, 1.165) is 50.8 Å². The van der Waals surface area contributed by atoms with Crippen LogP contribution in [-0.4, -0.2) is 58.9 Å². The van der Waals surface area contributed by atoms with E-state index in [1.165, 1.54) is 24.2 Å². The number of primary amides is 1. The number of halogens is 3. The van der Waals surface area contributed by atoms with Crippen LogP contribution in [0.15, 0.2) is 29.4 Å². The Bertz CT molecular complexity index is 981. The third-order valence-electron chi connectivity index (χ3n) is 7.15. The molecule has 2 aliphatic heterocycles. The molecule has 204 valence electrons. The second kappa shape index (κ2) is 12.4. The molecule has 1 saturated carbocycles. The topological polar surface area (TPSA) is 110 Å². The summed E-state index contributed by atoms with van der Waals surface area (Å²) in [5, 5.41) is 5.81. The van der Waals surface area contributed by atoms with E-state index in [1.54, 1.807) is 6.20 Å². The summed E-state index contributed by atoms with van der Waals surface area (Å²) in [7, 11) is 0. The van der Waals surface area contributed by atoms with Crippen molar-refractivity contribution in [3.8, 4) is 0 Å². The fraction of sp³-hybridized carbons (Fsp3) is 0.640. The van der Waals surface area contributed by atoms with Gasteiger partial charge in [0.15, 0.2) is 0 Å². The lowest BCUT2D eigenvalue weighted by Gasteiger charge is -2.36. The second-order valence-electron chi connectivity index (χ2n) is 9.84. The molecule has 1 saturated heterocycles. The Morgan fingerprint density at radius 2 is 1.92 bits per heavy atom. The van der Waals surface area contributed by atoms with E-state index in [2.05, 4.69) is 15.6 Å². The van der Waals surface area contributed by atoms with Gasteiger partial charge in [-0.05, 0) is 37.3 Å². The fourth-order valence-corrected chi connectivity index (χ4v) is 6.25. The lowest BCUT2D eigenvalue weighted by molar-refractivity contribution is -0.141. The van der Waals surface area contributed by atoms with Gasteiger partial charge in [0.1, 0.15) is 11.7 Å². The van der Waals surface area contributed by atoms with E-state index in [-0.39, 0.29) is 24.2 Å². The van der Waals surface area contributed by atoms with E-state index < -0.39 is 29.2 Å². The predicted molar refractivity (Wildman–Crippen MR) is 135 cm³/mol. The lowest BCUT2D eigenvalue weighted by atomic mass is 9.84. The van der Waals surface area contributed by atoms with Crippen LogP contribution in [0.1, 0.15) is 57.1 Å². The smallest absolute Gasteiger partial charge is 0.382 e. The minimum atomic E-state index is -4.56. The highest BCUT2D eigenvalue weighted by molar-refractivity contribution is 8.04. The highest BCUT2D eigenvalue weighted by Crippen LogP contribution is 2.38. The summed E-state index contributed by atoms with van der Waals surface area (Å²) in [6, 6.07) is 1.91. The number of nitrogens with one attached hydrogen (secondary N) is 2. The zero-order chi connectivity index (χ0) is 26.4. The lowest BCUT2D eigenvalue weighted by Crippen LogP contribution is -2.52. The molecule has 1 aromatic rings. The van der Waals surface area contributed by atoms with Crippen molar-refractivity contribution in [2.24, 2.45) is 11.7 Å². The average Bonchev–Trinajstić information content (AvgIpc) is 3.31. The number of anilines is 1. The molecule has 0 radical (unpaired) electrons. The first-order valence-electron chi connectivity index (χ1n) is 12.8. The Kier molecular flexibility index (Phi) is 9.22. The minimum Gasteiger partial charge on any atom is -0.382 e. The molecule has 2 amide bonds. The predicted octanol–water partition coefficient (Wildman–Crippen LogP) is 3.85. The van der Waals surface area contributed by atoms with Crippen molar-refractivity contribution in [2.75, 3.05) is 25.1 Å². The van der Waals surface area contributed by atoms with Gasteiger partial charge in [0.2, 0.25) is 5.91 Å². The van der Waals surface area contributed by atoms with E-state index in [4.69, 9.17) is 10.5 Å². The molecule has 1 aliphatic carbocycles. The van der Waals surface area contributed by atoms with Gasteiger partial charge in [0.25, 0.3) is 5.91 Å². The zero-order valence-corrected chi connectivity index (χ0v) is 21.5. The number of ether oxygens (including phenoxy) is 1. The number of rotatable bonds is 9. The number of thioether (sulfide) groups is 1. The first-order valence-corrected chi connectivity index (χ1v) is 13.7. The van der Waals surface area contributed by atoms with Crippen LogP contribution in [0.5, 0.6) is 0 Å². The molecule has 8 nitrogen and oxygen atoms in total. The number of alkyl halides is 3. The van der Waals surface area contributed by atoms with Gasteiger partial charge < -0.3 is 26.0 Å². The molecule has 1 unspecified atom stereocenters.